The summed E-state index contributed by atoms with van der Waals surface area (Å²) in [5, 5.41) is 11.0. The van der Waals surface area contributed by atoms with Crippen LogP contribution in [-0.4, -0.2) is 88.3 Å². The number of ether oxygens (including phenoxy) is 2. The number of aromatic amines is 1. The molecule has 1 aromatic heterocycles. The van der Waals surface area contributed by atoms with Crippen LogP contribution >= 0.6 is 0 Å². The number of benzene rings is 3. The van der Waals surface area contributed by atoms with Crippen molar-refractivity contribution in [3.05, 3.63) is 82.9 Å². The van der Waals surface area contributed by atoms with E-state index in [9.17, 15) is 13.6 Å². The van der Waals surface area contributed by atoms with Crippen molar-refractivity contribution in [3.8, 4) is 0 Å². The Hall–Kier alpha value is -4.06. The molecule has 1 unspecified atom stereocenters. The number of hydrogen-bond donors (Lipinski definition) is 2. The Labute approximate surface area is 256 Å². The van der Waals surface area contributed by atoms with E-state index in [2.05, 4.69) is 32.4 Å². The number of fused-ring (bicyclic) bond motifs is 1. The summed E-state index contributed by atoms with van der Waals surface area (Å²) in [5.41, 5.74) is 3.47. The van der Waals surface area contributed by atoms with Gasteiger partial charge in [0.25, 0.3) is 5.91 Å². The third-order valence-corrected chi connectivity index (χ3v) is 8.59. The van der Waals surface area contributed by atoms with E-state index in [0.29, 0.717) is 40.1 Å². The van der Waals surface area contributed by atoms with E-state index >= 15 is 0 Å². The molecule has 0 spiro atoms. The molecule has 4 aromatic rings. The summed E-state index contributed by atoms with van der Waals surface area (Å²) in [6, 6.07) is 15.0. The van der Waals surface area contributed by atoms with Crippen LogP contribution in [0.5, 0.6) is 0 Å². The van der Waals surface area contributed by atoms with E-state index in [1.807, 2.05) is 62.2 Å². The third kappa shape index (κ3) is 6.40. The van der Waals surface area contributed by atoms with Gasteiger partial charge in [-0.25, -0.2) is 8.78 Å². The maximum atomic E-state index is 14.1. The molecule has 5 rings (SSSR count). The second-order valence-corrected chi connectivity index (χ2v) is 11.8. The minimum Gasteiger partial charge on any atom is -0.380 e. The maximum Gasteiger partial charge on any atom is 0.258 e. The fraction of sp³-hybridized carbons (Fsp3) is 0.394. The second-order valence-electron chi connectivity index (χ2n) is 11.8. The molecule has 1 saturated heterocycles. The SMILES string of the molecule is COCC(OC)N(C)c1cc(N2CCN(C)CC2)ccc1C(=O)Nc1n[nH]c2ccc(C(C)(C)c3cc(F)cc(F)c3)cc12. The topological polar surface area (TPSA) is 86.0 Å². The summed E-state index contributed by atoms with van der Waals surface area (Å²) in [4.78, 5) is 20.4. The van der Waals surface area contributed by atoms with Crippen LogP contribution in [0.4, 0.5) is 26.0 Å². The molecule has 0 aliphatic carbocycles. The van der Waals surface area contributed by atoms with Gasteiger partial charge in [-0.2, -0.15) is 5.10 Å². The molecule has 234 valence electrons. The van der Waals surface area contributed by atoms with Gasteiger partial charge in [0.2, 0.25) is 0 Å². The van der Waals surface area contributed by atoms with Gasteiger partial charge in [-0.15, -0.1) is 0 Å². The standard InChI is InChI=1S/C33H40F2N6O3/c1-33(2,22-15-23(34)18-24(35)16-22)21-7-10-28-27(17-21)31(38-37-28)36-32(42)26-9-8-25(41-13-11-39(3)12-14-41)19-29(26)40(4)30(44-6)20-43-5/h7-10,15-19,30H,11-14,20H2,1-6H3,(H2,36,37,38,42). The minimum absolute atomic E-state index is 0.310. The van der Waals surface area contributed by atoms with Gasteiger partial charge in [-0.3, -0.25) is 9.89 Å². The minimum atomic E-state index is -0.721. The Morgan fingerprint density at radius 1 is 1.02 bits per heavy atom. The van der Waals surface area contributed by atoms with Crippen LogP contribution < -0.4 is 15.1 Å². The molecular weight excluding hydrogens is 566 g/mol. The number of likely N-dealkylation sites (N-methyl/N-ethyl adjacent to an activating group) is 2. The smallest absolute Gasteiger partial charge is 0.258 e. The van der Waals surface area contributed by atoms with E-state index in [4.69, 9.17) is 9.47 Å². The number of anilines is 3. The molecule has 44 heavy (non-hydrogen) atoms. The van der Waals surface area contributed by atoms with Gasteiger partial charge in [0.1, 0.15) is 11.6 Å². The number of nitrogens with zero attached hydrogens (tertiary/aromatic N) is 4. The second kappa shape index (κ2) is 12.9. The number of hydrogen-bond acceptors (Lipinski definition) is 7. The van der Waals surface area contributed by atoms with E-state index in [1.54, 1.807) is 14.2 Å². The molecule has 2 N–H and O–H groups in total. The first kappa shape index (κ1) is 31.4. The number of carbonyl (C=O) groups is 1. The number of amides is 1. The lowest BCUT2D eigenvalue weighted by atomic mass is 9.78. The highest BCUT2D eigenvalue weighted by Gasteiger charge is 2.27. The van der Waals surface area contributed by atoms with Crippen molar-refractivity contribution in [3.63, 3.8) is 0 Å². The lowest BCUT2D eigenvalue weighted by Gasteiger charge is -2.35. The van der Waals surface area contributed by atoms with Crippen molar-refractivity contribution in [1.29, 1.82) is 0 Å². The van der Waals surface area contributed by atoms with Gasteiger partial charge in [0.15, 0.2) is 12.0 Å². The fourth-order valence-corrected chi connectivity index (χ4v) is 5.66. The zero-order valence-corrected chi connectivity index (χ0v) is 26.1. The number of methoxy groups -OCH3 is 2. The average Bonchev–Trinajstić information content (AvgIpc) is 3.40. The summed E-state index contributed by atoms with van der Waals surface area (Å²) >= 11 is 0. The first-order valence-electron chi connectivity index (χ1n) is 14.6. The molecule has 3 aromatic carbocycles. The van der Waals surface area contributed by atoms with Crippen LogP contribution in [0.25, 0.3) is 10.9 Å². The van der Waals surface area contributed by atoms with Crippen LogP contribution in [0.2, 0.25) is 0 Å². The van der Waals surface area contributed by atoms with E-state index < -0.39 is 23.3 Å². The lowest BCUT2D eigenvalue weighted by Crippen LogP contribution is -2.44. The zero-order valence-electron chi connectivity index (χ0n) is 26.1. The molecule has 1 atom stereocenters. The molecule has 9 nitrogen and oxygen atoms in total. The monoisotopic (exact) mass is 606 g/mol. The number of rotatable bonds is 10. The maximum absolute atomic E-state index is 14.1. The van der Waals surface area contributed by atoms with Crippen molar-refractivity contribution in [2.45, 2.75) is 25.5 Å². The quantitative estimate of drug-likeness (QED) is 0.239. The Balaban J connectivity index is 1.48. The molecule has 2 heterocycles. The summed E-state index contributed by atoms with van der Waals surface area (Å²) in [7, 11) is 7.21. The fourth-order valence-electron chi connectivity index (χ4n) is 5.66. The summed E-state index contributed by atoms with van der Waals surface area (Å²) in [5.74, 6) is -1.25. The Morgan fingerprint density at radius 3 is 2.39 bits per heavy atom. The van der Waals surface area contributed by atoms with Crippen molar-refractivity contribution in [2.75, 3.05) is 76.2 Å². The van der Waals surface area contributed by atoms with Gasteiger partial charge in [0, 0.05) is 70.0 Å². The van der Waals surface area contributed by atoms with Gasteiger partial charge in [-0.05, 0) is 60.6 Å². The molecule has 0 bridgehead atoms. The third-order valence-electron chi connectivity index (χ3n) is 8.59. The van der Waals surface area contributed by atoms with E-state index in [-0.39, 0.29) is 5.91 Å². The van der Waals surface area contributed by atoms with Crippen LogP contribution in [0, 0.1) is 11.6 Å². The largest absolute Gasteiger partial charge is 0.380 e. The summed E-state index contributed by atoms with van der Waals surface area (Å²) in [6.07, 6.45) is -0.419. The molecule has 1 amide bonds. The molecule has 0 radical (unpaired) electrons. The summed E-state index contributed by atoms with van der Waals surface area (Å²) in [6.45, 7) is 7.79. The lowest BCUT2D eigenvalue weighted by molar-refractivity contribution is 0.0294. The van der Waals surface area contributed by atoms with E-state index in [0.717, 1.165) is 43.5 Å². The number of H-pyrrole nitrogens is 1. The van der Waals surface area contributed by atoms with Gasteiger partial charge >= 0.3 is 0 Å². The van der Waals surface area contributed by atoms with Crippen molar-refractivity contribution < 1.29 is 23.0 Å². The van der Waals surface area contributed by atoms with Gasteiger partial charge < -0.3 is 29.5 Å². The molecular formula is C33H40F2N6O3. The van der Waals surface area contributed by atoms with Gasteiger partial charge in [-0.1, -0.05) is 19.9 Å². The van der Waals surface area contributed by atoms with Crippen LogP contribution in [0.1, 0.15) is 35.3 Å². The highest BCUT2D eigenvalue weighted by Crippen LogP contribution is 2.36. The highest BCUT2D eigenvalue weighted by atomic mass is 19.1. The molecule has 1 aliphatic heterocycles. The first-order valence-corrected chi connectivity index (χ1v) is 14.6. The van der Waals surface area contributed by atoms with E-state index in [1.165, 1.54) is 12.1 Å². The predicted octanol–water partition coefficient (Wildman–Crippen LogP) is 5.23. The molecule has 0 saturated carbocycles. The van der Waals surface area contributed by atoms with Crippen molar-refractivity contribution in [2.24, 2.45) is 0 Å². The number of piperazine rings is 1. The molecule has 1 aliphatic rings. The van der Waals surface area contributed by atoms with Crippen LogP contribution in [0.15, 0.2) is 54.6 Å². The van der Waals surface area contributed by atoms with Crippen LogP contribution in [-0.2, 0) is 14.9 Å². The predicted molar refractivity (Wildman–Crippen MR) is 170 cm³/mol. The Bertz CT molecular complexity index is 1610. The van der Waals surface area contributed by atoms with Crippen LogP contribution in [0.3, 0.4) is 0 Å². The molecule has 1 fully saturated rings. The Kier molecular flexibility index (Phi) is 9.19. The number of halogens is 2. The number of carbonyl (C=O) groups excluding carboxylic acids is 1. The Morgan fingerprint density at radius 2 is 1.73 bits per heavy atom. The number of aromatic nitrogens is 2. The summed E-state index contributed by atoms with van der Waals surface area (Å²) < 4.78 is 39.2. The molecule has 11 heteroatoms. The zero-order chi connectivity index (χ0) is 31.6. The van der Waals surface area contributed by atoms with Crippen molar-refractivity contribution in [1.82, 2.24) is 15.1 Å². The number of nitrogens with one attached hydrogen (secondary N) is 2. The normalized spacial score (nSPS) is 15.0. The highest BCUT2D eigenvalue weighted by molar-refractivity contribution is 6.11. The van der Waals surface area contributed by atoms with Gasteiger partial charge in [0.05, 0.1) is 23.4 Å². The first-order chi connectivity index (χ1) is 21.0. The van der Waals surface area contributed by atoms with Crippen molar-refractivity contribution >= 4 is 34.0 Å². The average molecular weight is 607 g/mol.